The maximum Gasteiger partial charge on any atom is 0.149 e. The largest absolute Gasteiger partial charge is 0.507 e. The third-order valence-corrected chi connectivity index (χ3v) is 12.5. The van der Waals surface area contributed by atoms with Gasteiger partial charge in [-0.2, -0.15) is 0 Å². The van der Waals surface area contributed by atoms with Crippen molar-refractivity contribution < 1.29 is 5.11 Å². The Labute approximate surface area is 369 Å². The van der Waals surface area contributed by atoms with E-state index in [2.05, 4.69) is 201 Å². The van der Waals surface area contributed by atoms with Gasteiger partial charge >= 0.3 is 0 Å². The van der Waals surface area contributed by atoms with Gasteiger partial charge < -0.3 is 5.11 Å². The lowest BCUT2D eigenvalue weighted by Crippen LogP contribution is -2.16. The number of para-hydroxylation sites is 2. The summed E-state index contributed by atoms with van der Waals surface area (Å²) in [6, 6.07) is 72.1. The smallest absolute Gasteiger partial charge is 0.149 e. The van der Waals surface area contributed by atoms with Gasteiger partial charge in [0.1, 0.15) is 11.6 Å². The molecule has 0 atom stereocenters. The molecule has 0 aliphatic rings. The van der Waals surface area contributed by atoms with Gasteiger partial charge in [-0.25, -0.2) is 4.98 Å². The van der Waals surface area contributed by atoms with E-state index in [9.17, 15) is 5.11 Å². The molecule has 0 aliphatic heterocycles. The molecule has 4 heteroatoms. The molecule has 0 aliphatic carbocycles. The zero-order valence-corrected chi connectivity index (χ0v) is 35.7. The zero-order chi connectivity index (χ0) is 42.9. The predicted octanol–water partition coefficient (Wildman–Crippen LogP) is 15.5. The van der Waals surface area contributed by atoms with Crippen LogP contribution in [-0.2, 0) is 5.41 Å². The molecule has 304 valence electrons. The lowest BCUT2D eigenvalue weighted by atomic mass is 9.81. The molecule has 2 heterocycles. The van der Waals surface area contributed by atoms with Crippen molar-refractivity contribution >= 4 is 11.0 Å². The summed E-state index contributed by atoms with van der Waals surface area (Å²) in [5.74, 6) is 0.844. The minimum atomic E-state index is -0.0182. The molecule has 10 aromatic rings. The molecule has 1 N–H and O–H groups in total. The zero-order valence-electron chi connectivity index (χ0n) is 35.7. The van der Waals surface area contributed by atoms with E-state index in [1.807, 2.05) is 30.5 Å². The number of aromatic nitrogens is 3. The van der Waals surface area contributed by atoms with Crippen molar-refractivity contribution in [1.82, 2.24) is 14.5 Å². The Hall–Kier alpha value is -7.82. The van der Waals surface area contributed by atoms with Crippen LogP contribution in [0.5, 0.6) is 5.75 Å². The van der Waals surface area contributed by atoms with Crippen LogP contribution in [0.3, 0.4) is 0 Å². The average molecular weight is 814 g/mol. The van der Waals surface area contributed by atoms with Crippen LogP contribution in [0.2, 0.25) is 0 Å². The average Bonchev–Trinajstić information content (AvgIpc) is 3.74. The first-order valence-corrected chi connectivity index (χ1v) is 21.7. The SMILES string of the molecule is CCC(C)(C)c1ccc(-n2c(-c3ccccc3O)nc3c(-c4cc(-c5ccccc5)cc(-c5cc(-c6ccc(-c7ccccc7)cc6)ccn5)c4)cccc32)c(-c2ccccc2)c1. The van der Waals surface area contributed by atoms with Gasteiger partial charge in [-0.3, -0.25) is 9.55 Å². The van der Waals surface area contributed by atoms with E-state index in [4.69, 9.17) is 9.97 Å². The molecule has 8 aromatic carbocycles. The van der Waals surface area contributed by atoms with E-state index < -0.39 is 0 Å². The molecule has 0 saturated heterocycles. The summed E-state index contributed by atoms with van der Waals surface area (Å²) in [6.45, 7) is 6.85. The van der Waals surface area contributed by atoms with E-state index in [-0.39, 0.29) is 11.2 Å². The van der Waals surface area contributed by atoms with Gasteiger partial charge in [0.2, 0.25) is 0 Å². The number of phenolic OH excluding ortho intramolecular Hbond substituents is 1. The molecular formula is C59H47N3O. The minimum absolute atomic E-state index is 0.0182. The number of hydrogen-bond acceptors (Lipinski definition) is 3. The molecule has 63 heavy (non-hydrogen) atoms. The summed E-state index contributed by atoms with van der Waals surface area (Å²) in [5.41, 5.74) is 17.6. The van der Waals surface area contributed by atoms with Gasteiger partial charge in [0, 0.05) is 22.9 Å². The fourth-order valence-corrected chi connectivity index (χ4v) is 8.61. The minimum Gasteiger partial charge on any atom is -0.507 e. The molecule has 0 bridgehead atoms. The van der Waals surface area contributed by atoms with Gasteiger partial charge in [0.25, 0.3) is 0 Å². The molecular weight excluding hydrogens is 767 g/mol. The summed E-state index contributed by atoms with van der Waals surface area (Å²) in [6.07, 6.45) is 2.91. The summed E-state index contributed by atoms with van der Waals surface area (Å²) in [4.78, 5) is 10.5. The van der Waals surface area contributed by atoms with Crippen molar-refractivity contribution in [2.45, 2.75) is 32.6 Å². The molecule has 4 nitrogen and oxygen atoms in total. The van der Waals surface area contributed by atoms with Crippen LogP contribution in [0.25, 0.3) is 95.0 Å². The lowest BCUT2D eigenvalue weighted by Gasteiger charge is -2.25. The van der Waals surface area contributed by atoms with E-state index in [1.165, 1.54) is 16.7 Å². The molecule has 2 aromatic heterocycles. The number of fused-ring (bicyclic) bond motifs is 1. The number of phenols is 1. The van der Waals surface area contributed by atoms with E-state index in [0.717, 1.165) is 78.9 Å². The van der Waals surface area contributed by atoms with Gasteiger partial charge in [0.15, 0.2) is 0 Å². The third-order valence-electron chi connectivity index (χ3n) is 12.5. The Morgan fingerprint density at radius 3 is 1.71 bits per heavy atom. The Morgan fingerprint density at radius 1 is 0.460 bits per heavy atom. The second-order valence-electron chi connectivity index (χ2n) is 16.8. The number of benzene rings is 8. The summed E-state index contributed by atoms with van der Waals surface area (Å²) >= 11 is 0. The predicted molar refractivity (Wildman–Crippen MR) is 262 cm³/mol. The Kier molecular flexibility index (Phi) is 10.3. The van der Waals surface area contributed by atoms with Crippen molar-refractivity contribution in [3.05, 3.63) is 218 Å². The molecule has 0 amide bonds. The van der Waals surface area contributed by atoms with Gasteiger partial charge in [-0.15, -0.1) is 0 Å². The Morgan fingerprint density at radius 2 is 1.03 bits per heavy atom. The van der Waals surface area contributed by atoms with Crippen molar-refractivity contribution in [3.63, 3.8) is 0 Å². The summed E-state index contributed by atoms with van der Waals surface area (Å²) < 4.78 is 2.23. The molecule has 0 fully saturated rings. The topological polar surface area (TPSA) is 50.9 Å². The highest BCUT2D eigenvalue weighted by molar-refractivity contribution is 5.98. The number of pyridine rings is 1. The second-order valence-corrected chi connectivity index (χ2v) is 16.8. The Bertz CT molecular complexity index is 3220. The van der Waals surface area contributed by atoms with Crippen LogP contribution in [0, 0.1) is 0 Å². The molecule has 0 radical (unpaired) electrons. The first-order chi connectivity index (χ1) is 30.8. The fraction of sp³-hybridized carbons (Fsp3) is 0.0847. The fourth-order valence-electron chi connectivity index (χ4n) is 8.61. The maximum atomic E-state index is 11.5. The van der Waals surface area contributed by atoms with Crippen LogP contribution >= 0.6 is 0 Å². The number of aromatic hydroxyl groups is 1. The number of nitrogens with zero attached hydrogens (tertiary/aromatic N) is 3. The molecule has 0 saturated carbocycles. The van der Waals surface area contributed by atoms with Crippen molar-refractivity contribution in [3.8, 4) is 89.7 Å². The maximum absolute atomic E-state index is 11.5. The number of imidazole rings is 1. The number of rotatable bonds is 10. The van der Waals surface area contributed by atoms with E-state index in [0.29, 0.717) is 11.4 Å². The van der Waals surface area contributed by atoms with Gasteiger partial charge in [-0.1, -0.05) is 166 Å². The lowest BCUT2D eigenvalue weighted by molar-refractivity contribution is 0.477. The third kappa shape index (κ3) is 7.62. The highest BCUT2D eigenvalue weighted by atomic mass is 16.3. The van der Waals surface area contributed by atoms with Gasteiger partial charge in [0.05, 0.1) is 28.0 Å². The molecule has 0 spiro atoms. The van der Waals surface area contributed by atoms with Crippen molar-refractivity contribution in [2.75, 3.05) is 0 Å². The molecule has 10 rings (SSSR count). The summed E-state index contributed by atoms with van der Waals surface area (Å²) in [7, 11) is 0. The van der Waals surface area contributed by atoms with Crippen molar-refractivity contribution in [2.24, 2.45) is 0 Å². The van der Waals surface area contributed by atoms with E-state index >= 15 is 0 Å². The summed E-state index contributed by atoms with van der Waals surface area (Å²) in [5, 5.41) is 11.5. The monoisotopic (exact) mass is 813 g/mol. The van der Waals surface area contributed by atoms with E-state index in [1.54, 1.807) is 6.07 Å². The highest BCUT2D eigenvalue weighted by Crippen LogP contribution is 2.43. The van der Waals surface area contributed by atoms with Crippen LogP contribution in [0.15, 0.2) is 212 Å². The van der Waals surface area contributed by atoms with Crippen LogP contribution in [0.4, 0.5) is 0 Å². The first kappa shape index (κ1) is 39.3. The van der Waals surface area contributed by atoms with Crippen LogP contribution in [0.1, 0.15) is 32.8 Å². The van der Waals surface area contributed by atoms with Gasteiger partial charge in [-0.05, 0) is 123 Å². The molecule has 0 unspecified atom stereocenters. The normalized spacial score (nSPS) is 11.5. The number of hydrogen-bond donors (Lipinski definition) is 1. The van der Waals surface area contributed by atoms with Crippen LogP contribution < -0.4 is 0 Å². The Balaban J connectivity index is 1.17. The highest BCUT2D eigenvalue weighted by Gasteiger charge is 2.25. The second kappa shape index (κ2) is 16.6. The first-order valence-electron chi connectivity index (χ1n) is 21.7. The quantitative estimate of drug-likeness (QED) is 0.150. The van der Waals surface area contributed by atoms with Crippen molar-refractivity contribution in [1.29, 1.82) is 0 Å². The standard InChI is InChI=1S/C59H47N3O/c1-4-59(2,3)49-31-32-54(52(39-49)44-21-12-7-13-22-44)62-55-25-16-24-50(57(55)61-58(62)51-23-14-15-26-56(51)63)47-35-46(41-19-10-6-11-20-41)36-48(37-47)53-38-45(33-34-60-53)43-29-27-42(28-30-43)40-17-8-5-9-18-40/h5-39,63H,4H2,1-3H3. The van der Waals surface area contributed by atoms with Crippen LogP contribution in [-0.4, -0.2) is 19.6 Å².